The highest BCUT2D eigenvalue weighted by molar-refractivity contribution is 5.99. The SMILES string of the molecule is Cc1coc2c1[C@H](OC(=O)[C@@]1(C)O[C@@H]1C)[C@]1(C)[C@@H](C)CCC[C@H]1C2=O. The van der Waals surface area contributed by atoms with Crippen molar-refractivity contribution in [3.8, 4) is 0 Å². The van der Waals surface area contributed by atoms with Gasteiger partial charge in [-0.05, 0) is 45.1 Å². The number of ether oxygens (including phenoxy) is 2. The fourth-order valence-corrected chi connectivity index (χ4v) is 4.84. The largest absolute Gasteiger partial charge is 0.461 e. The summed E-state index contributed by atoms with van der Waals surface area (Å²) in [5.41, 5.74) is 0.334. The molecule has 136 valence electrons. The highest BCUT2D eigenvalue weighted by Gasteiger charge is 2.62. The molecule has 0 unspecified atom stereocenters. The molecule has 0 radical (unpaired) electrons. The van der Waals surface area contributed by atoms with Crippen molar-refractivity contribution in [1.29, 1.82) is 0 Å². The Labute approximate surface area is 148 Å². The van der Waals surface area contributed by atoms with Crippen molar-refractivity contribution in [1.82, 2.24) is 0 Å². The molecule has 0 amide bonds. The summed E-state index contributed by atoms with van der Waals surface area (Å²) >= 11 is 0. The van der Waals surface area contributed by atoms with Gasteiger partial charge < -0.3 is 13.9 Å². The Morgan fingerprint density at radius 2 is 1.96 bits per heavy atom. The summed E-state index contributed by atoms with van der Waals surface area (Å²) in [7, 11) is 0. The minimum atomic E-state index is -0.872. The number of epoxide rings is 1. The first-order chi connectivity index (χ1) is 11.7. The molecule has 2 aliphatic carbocycles. The number of rotatable bonds is 2. The van der Waals surface area contributed by atoms with Gasteiger partial charge in [0, 0.05) is 16.9 Å². The molecule has 0 aromatic carbocycles. The van der Waals surface area contributed by atoms with Crippen LogP contribution in [0.2, 0.25) is 0 Å². The van der Waals surface area contributed by atoms with E-state index in [2.05, 4.69) is 13.8 Å². The summed E-state index contributed by atoms with van der Waals surface area (Å²) < 4.78 is 17.1. The summed E-state index contributed by atoms with van der Waals surface area (Å²) in [5, 5.41) is 0. The van der Waals surface area contributed by atoms with Gasteiger partial charge in [0.05, 0.1) is 12.4 Å². The zero-order valence-corrected chi connectivity index (χ0v) is 15.5. The first-order valence-corrected chi connectivity index (χ1v) is 9.22. The van der Waals surface area contributed by atoms with Gasteiger partial charge in [-0.25, -0.2) is 4.79 Å². The van der Waals surface area contributed by atoms with E-state index in [0.29, 0.717) is 5.76 Å². The van der Waals surface area contributed by atoms with Crippen molar-refractivity contribution in [2.75, 3.05) is 0 Å². The molecular formula is C20H26O5. The van der Waals surface area contributed by atoms with Gasteiger partial charge in [-0.2, -0.15) is 0 Å². The number of furan rings is 1. The minimum Gasteiger partial charge on any atom is -0.461 e. The third-order valence-electron chi connectivity index (χ3n) is 7.10. The van der Waals surface area contributed by atoms with E-state index >= 15 is 0 Å². The van der Waals surface area contributed by atoms with Crippen LogP contribution in [0.4, 0.5) is 0 Å². The molecule has 0 spiro atoms. The second-order valence-corrected chi connectivity index (χ2v) is 8.43. The van der Waals surface area contributed by atoms with Crippen LogP contribution in [0.25, 0.3) is 0 Å². The van der Waals surface area contributed by atoms with E-state index in [1.165, 1.54) is 0 Å². The van der Waals surface area contributed by atoms with Crippen LogP contribution in [0, 0.1) is 24.2 Å². The molecule has 1 aliphatic heterocycles. The summed E-state index contributed by atoms with van der Waals surface area (Å²) in [4.78, 5) is 25.8. The lowest BCUT2D eigenvalue weighted by molar-refractivity contribution is -0.171. The maximum absolute atomic E-state index is 13.0. The number of esters is 1. The molecule has 0 bridgehead atoms. The summed E-state index contributed by atoms with van der Waals surface area (Å²) in [6, 6.07) is 0. The zero-order valence-electron chi connectivity index (χ0n) is 15.5. The van der Waals surface area contributed by atoms with Crippen molar-refractivity contribution in [3.63, 3.8) is 0 Å². The van der Waals surface area contributed by atoms with Crippen LogP contribution in [-0.4, -0.2) is 23.5 Å². The summed E-state index contributed by atoms with van der Waals surface area (Å²) in [6.45, 7) is 9.81. The van der Waals surface area contributed by atoms with Gasteiger partial charge in [0.15, 0.2) is 11.4 Å². The third-order valence-corrected chi connectivity index (χ3v) is 7.10. The summed E-state index contributed by atoms with van der Waals surface area (Å²) in [6.07, 6.45) is 3.86. The average molecular weight is 346 g/mol. The second-order valence-electron chi connectivity index (χ2n) is 8.43. The Morgan fingerprint density at radius 1 is 1.28 bits per heavy atom. The fraction of sp³-hybridized carbons (Fsp3) is 0.700. The van der Waals surface area contributed by atoms with Crippen molar-refractivity contribution >= 4 is 11.8 Å². The number of ketones is 1. The van der Waals surface area contributed by atoms with E-state index in [0.717, 1.165) is 30.4 Å². The quantitative estimate of drug-likeness (QED) is 0.598. The van der Waals surface area contributed by atoms with Crippen LogP contribution in [0.1, 0.15) is 74.7 Å². The van der Waals surface area contributed by atoms with Crippen LogP contribution < -0.4 is 0 Å². The Hall–Kier alpha value is -1.62. The lowest BCUT2D eigenvalue weighted by Crippen LogP contribution is -2.51. The highest BCUT2D eigenvalue weighted by atomic mass is 16.7. The van der Waals surface area contributed by atoms with Crippen LogP contribution in [0.15, 0.2) is 10.7 Å². The first-order valence-electron chi connectivity index (χ1n) is 9.22. The molecule has 5 nitrogen and oxygen atoms in total. The lowest BCUT2D eigenvalue weighted by atomic mass is 9.54. The number of carbonyl (C=O) groups excluding carboxylic acids is 2. The van der Waals surface area contributed by atoms with Gasteiger partial charge in [-0.1, -0.05) is 20.3 Å². The van der Waals surface area contributed by atoms with Crippen molar-refractivity contribution in [2.24, 2.45) is 17.3 Å². The van der Waals surface area contributed by atoms with Gasteiger partial charge in [0.1, 0.15) is 6.10 Å². The smallest absolute Gasteiger partial charge is 0.341 e. The maximum atomic E-state index is 13.0. The molecule has 5 heteroatoms. The number of hydrogen-bond acceptors (Lipinski definition) is 5. The standard InChI is InChI=1S/C20H26O5/c1-10-9-23-16-14(10)17(24-18(22)20(5)12(3)25-20)19(4)11(2)7-6-8-13(19)15(16)21/h9,11-13,17H,6-8H2,1-5H3/t11-,12+,13-,17-,19+,20-/m0/s1. The van der Waals surface area contributed by atoms with Gasteiger partial charge in [-0.15, -0.1) is 0 Å². The molecule has 0 N–H and O–H groups in total. The van der Waals surface area contributed by atoms with E-state index in [-0.39, 0.29) is 29.7 Å². The van der Waals surface area contributed by atoms with Gasteiger partial charge in [0.25, 0.3) is 0 Å². The second kappa shape index (κ2) is 5.19. The van der Waals surface area contributed by atoms with Crippen molar-refractivity contribution in [2.45, 2.75) is 71.7 Å². The molecule has 1 saturated heterocycles. The predicted molar refractivity (Wildman–Crippen MR) is 90.2 cm³/mol. The van der Waals surface area contributed by atoms with Gasteiger partial charge in [-0.3, -0.25) is 4.79 Å². The van der Waals surface area contributed by atoms with Crippen LogP contribution >= 0.6 is 0 Å². The van der Waals surface area contributed by atoms with Crippen LogP contribution in [-0.2, 0) is 14.3 Å². The Balaban J connectivity index is 1.80. The normalized spacial score (nSPS) is 42.5. The number of carbonyl (C=O) groups is 2. The molecule has 1 aromatic rings. The third kappa shape index (κ3) is 2.11. The number of aryl methyl sites for hydroxylation is 1. The van der Waals surface area contributed by atoms with E-state index < -0.39 is 17.1 Å². The average Bonchev–Trinajstić information content (AvgIpc) is 3.00. The molecular weight excluding hydrogens is 320 g/mol. The zero-order chi connectivity index (χ0) is 18.1. The van der Waals surface area contributed by atoms with E-state index in [4.69, 9.17) is 13.9 Å². The fourth-order valence-electron chi connectivity index (χ4n) is 4.84. The lowest BCUT2D eigenvalue weighted by Gasteiger charge is -2.51. The number of fused-ring (bicyclic) bond motifs is 2. The molecule has 6 atom stereocenters. The maximum Gasteiger partial charge on any atom is 0.341 e. The van der Waals surface area contributed by atoms with Gasteiger partial charge >= 0.3 is 5.97 Å². The highest BCUT2D eigenvalue weighted by Crippen LogP contribution is 2.59. The molecule has 4 rings (SSSR count). The van der Waals surface area contributed by atoms with Crippen molar-refractivity contribution < 1.29 is 23.5 Å². The molecule has 1 aromatic heterocycles. The molecule has 1 saturated carbocycles. The molecule has 2 fully saturated rings. The van der Waals surface area contributed by atoms with Crippen LogP contribution in [0.3, 0.4) is 0 Å². The van der Waals surface area contributed by atoms with Crippen molar-refractivity contribution in [3.05, 3.63) is 23.2 Å². The van der Waals surface area contributed by atoms with Gasteiger partial charge in [0.2, 0.25) is 5.78 Å². The van der Waals surface area contributed by atoms with Crippen LogP contribution in [0.5, 0.6) is 0 Å². The Bertz CT molecular complexity index is 749. The van der Waals surface area contributed by atoms with E-state index in [1.54, 1.807) is 13.2 Å². The molecule has 3 aliphatic rings. The van der Waals surface area contributed by atoms with E-state index in [1.807, 2.05) is 13.8 Å². The first kappa shape index (κ1) is 16.8. The topological polar surface area (TPSA) is 69.0 Å². The summed E-state index contributed by atoms with van der Waals surface area (Å²) in [5.74, 6) is 0.204. The molecule has 25 heavy (non-hydrogen) atoms. The molecule has 2 heterocycles. The minimum absolute atomic E-state index is 0.0618. The number of Topliss-reactive ketones (excluding diaryl/α,β-unsaturated/α-hetero) is 1. The number of hydrogen-bond donors (Lipinski definition) is 0. The predicted octanol–water partition coefficient (Wildman–Crippen LogP) is 3.99. The Morgan fingerprint density at radius 3 is 2.60 bits per heavy atom. The Kier molecular flexibility index (Phi) is 3.50. The monoisotopic (exact) mass is 346 g/mol. The van der Waals surface area contributed by atoms with E-state index in [9.17, 15) is 9.59 Å².